The SMILES string of the molecule is CC1=CC(c2noc(-c3nn(C)c4c3CCC(C)(C)C4)n2)=CC(C)C1CCNC(=O)CNC(=O)OC(C)(C)C. The lowest BCUT2D eigenvalue weighted by Crippen LogP contribution is -2.40. The molecule has 2 amide bonds. The molecule has 4 rings (SSSR count). The number of fused-ring (bicyclic) bond motifs is 1. The number of amides is 2. The molecule has 2 aromatic rings. The quantitative estimate of drug-likeness (QED) is 0.527. The third-order valence-electron chi connectivity index (χ3n) is 7.47. The van der Waals surface area contributed by atoms with Gasteiger partial charge in [-0.1, -0.05) is 43.7 Å². The zero-order valence-electron chi connectivity index (χ0n) is 24.5. The van der Waals surface area contributed by atoms with Gasteiger partial charge in [0.05, 0.1) is 6.54 Å². The number of alkyl carbamates (subject to hydrolysis) is 1. The van der Waals surface area contributed by atoms with Gasteiger partial charge in [0.1, 0.15) is 5.60 Å². The molecule has 2 atom stereocenters. The molecule has 0 radical (unpaired) electrons. The van der Waals surface area contributed by atoms with Gasteiger partial charge >= 0.3 is 6.09 Å². The first kappa shape index (κ1) is 28.6. The second-order valence-electron chi connectivity index (χ2n) is 12.6. The first-order valence-electron chi connectivity index (χ1n) is 13.8. The monoisotopic (exact) mass is 538 g/mol. The van der Waals surface area contributed by atoms with Gasteiger partial charge in [-0.3, -0.25) is 9.48 Å². The summed E-state index contributed by atoms with van der Waals surface area (Å²) < 4.78 is 12.8. The lowest BCUT2D eigenvalue weighted by molar-refractivity contribution is -0.120. The molecule has 10 nitrogen and oxygen atoms in total. The number of rotatable bonds is 7. The van der Waals surface area contributed by atoms with Crippen LogP contribution in [0.25, 0.3) is 17.2 Å². The average Bonchev–Trinajstić information content (AvgIpc) is 3.42. The molecule has 39 heavy (non-hydrogen) atoms. The highest BCUT2D eigenvalue weighted by Gasteiger charge is 2.32. The highest BCUT2D eigenvalue weighted by atomic mass is 16.6. The molecule has 0 spiro atoms. The maximum Gasteiger partial charge on any atom is 0.408 e. The van der Waals surface area contributed by atoms with E-state index in [1.165, 1.54) is 16.8 Å². The Morgan fingerprint density at radius 2 is 2.00 bits per heavy atom. The first-order chi connectivity index (χ1) is 18.2. The molecule has 2 heterocycles. The number of nitrogens with one attached hydrogen (secondary N) is 2. The largest absolute Gasteiger partial charge is 0.444 e. The summed E-state index contributed by atoms with van der Waals surface area (Å²) in [6, 6.07) is 0. The Morgan fingerprint density at radius 1 is 1.26 bits per heavy atom. The number of nitrogens with zero attached hydrogens (tertiary/aromatic N) is 4. The lowest BCUT2D eigenvalue weighted by Gasteiger charge is -2.29. The van der Waals surface area contributed by atoms with E-state index in [1.807, 2.05) is 11.7 Å². The minimum atomic E-state index is -0.605. The van der Waals surface area contributed by atoms with Crippen LogP contribution in [0.2, 0.25) is 0 Å². The molecule has 2 aromatic heterocycles. The highest BCUT2D eigenvalue weighted by molar-refractivity contribution is 5.82. The fourth-order valence-electron chi connectivity index (χ4n) is 5.44. The second kappa shape index (κ2) is 11.0. The van der Waals surface area contributed by atoms with E-state index in [1.54, 1.807) is 20.8 Å². The first-order valence-corrected chi connectivity index (χ1v) is 13.8. The molecule has 0 saturated heterocycles. The zero-order chi connectivity index (χ0) is 28.5. The van der Waals surface area contributed by atoms with Crippen LogP contribution in [0.5, 0.6) is 0 Å². The fraction of sp³-hybridized carbons (Fsp3) is 0.621. The van der Waals surface area contributed by atoms with Gasteiger partial charge in [-0.2, -0.15) is 10.1 Å². The van der Waals surface area contributed by atoms with Crippen molar-refractivity contribution < 1.29 is 18.8 Å². The van der Waals surface area contributed by atoms with Crippen molar-refractivity contribution in [2.24, 2.45) is 24.3 Å². The molecule has 212 valence electrons. The number of aryl methyl sites for hydroxylation is 1. The molecular weight excluding hydrogens is 496 g/mol. The van der Waals surface area contributed by atoms with E-state index < -0.39 is 11.7 Å². The Morgan fingerprint density at radius 3 is 2.69 bits per heavy atom. The summed E-state index contributed by atoms with van der Waals surface area (Å²) in [5, 5.41) is 14.4. The van der Waals surface area contributed by atoms with Crippen LogP contribution in [0.15, 0.2) is 22.2 Å². The molecule has 2 N–H and O–H groups in total. The van der Waals surface area contributed by atoms with E-state index in [9.17, 15) is 9.59 Å². The predicted molar refractivity (Wildman–Crippen MR) is 149 cm³/mol. The normalized spacial score (nSPS) is 20.5. The summed E-state index contributed by atoms with van der Waals surface area (Å²) >= 11 is 0. The van der Waals surface area contributed by atoms with Crippen LogP contribution in [0, 0.1) is 17.3 Å². The van der Waals surface area contributed by atoms with Gasteiger partial charge < -0.3 is 19.9 Å². The van der Waals surface area contributed by atoms with Crippen LogP contribution in [-0.4, -0.2) is 50.6 Å². The van der Waals surface area contributed by atoms with E-state index in [-0.39, 0.29) is 29.7 Å². The molecule has 0 aromatic carbocycles. The molecule has 0 aliphatic heterocycles. The third kappa shape index (κ3) is 6.96. The van der Waals surface area contributed by atoms with E-state index >= 15 is 0 Å². The van der Waals surface area contributed by atoms with E-state index in [4.69, 9.17) is 19.3 Å². The molecular formula is C29H42N6O4. The zero-order valence-corrected chi connectivity index (χ0v) is 24.5. The average molecular weight is 539 g/mol. The smallest absolute Gasteiger partial charge is 0.408 e. The van der Waals surface area contributed by atoms with Crippen molar-refractivity contribution in [2.75, 3.05) is 13.1 Å². The molecule has 0 fully saturated rings. The van der Waals surface area contributed by atoms with Gasteiger partial charge in [0, 0.05) is 30.4 Å². The maximum atomic E-state index is 12.2. The minimum Gasteiger partial charge on any atom is -0.444 e. The second-order valence-corrected chi connectivity index (χ2v) is 12.6. The number of allylic oxidation sites excluding steroid dienone is 4. The summed E-state index contributed by atoms with van der Waals surface area (Å²) in [5.74, 6) is 1.28. The highest BCUT2D eigenvalue weighted by Crippen LogP contribution is 2.39. The Balaban J connectivity index is 1.34. The van der Waals surface area contributed by atoms with Crippen molar-refractivity contribution in [3.63, 3.8) is 0 Å². The van der Waals surface area contributed by atoms with Gasteiger partial charge in [-0.15, -0.1) is 0 Å². The van der Waals surface area contributed by atoms with Crippen LogP contribution >= 0.6 is 0 Å². The Bertz CT molecular complexity index is 1290. The van der Waals surface area contributed by atoms with Crippen LogP contribution in [0.3, 0.4) is 0 Å². The number of aromatic nitrogens is 4. The van der Waals surface area contributed by atoms with Gasteiger partial charge in [0.2, 0.25) is 11.7 Å². The van der Waals surface area contributed by atoms with E-state index in [2.05, 4.69) is 55.6 Å². The number of hydrogen-bond acceptors (Lipinski definition) is 7. The molecule has 10 heteroatoms. The molecule has 2 aliphatic rings. The lowest BCUT2D eigenvalue weighted by atomic mass is 9.76. The number of hydrogen-bond donors (Lipinski definition) is 2. The van der Waals surface area contributed by atoms with Gasteiger partial charge in [0.25, 0.3) is 5.89 Å². The molecule has 0 bridgehead atoms. The van der Waals surface area contributed by atoms with Crippen molar-refractivity contribution in [3.8, 4) is 11.6 Å². The maximum absolute atomic E-state index is 12.2. The van der Waals surface area contributed by atoms with Gasteiger partial charge in [0.15, 0.2) is 5.69 Å². The van der Waals surface area contributed by atoms with Gasteiger partial charge in [-0.05, 0) is 70.6 Å². The number of carbonyl (C=O) groups is 2. The van der Waals surface area contributed by atoms with Gasteiger partial charge in [-0.25, -0.2) is 4.79 Å². The fourth-order valence-corrected chi connectivity index (χ4v) is 5.44. The summed E-state index contributed by atoms with van der Waals surface area (Å²) in [5.41, 5.74) is 5.05. The Hall–Kier alpha value is -3.43. The summed E-state index contributed by atoms with van der Waals surface area (Å²) in [7, 11) is 1.98. The predicted octanol–water partition coefficient (Wildman–Crippen LogP) is 4.61. The third-order valence-corrected chi connectivity index (χ3v) is 7.47. The summed E-state index contributed by atoms with van der Waals surface area (Å²) in [4.78, 5) is 28.6. The molecule has 0 saturated carbocycles. The van der Waals surface area contributed by atoms with E-state index in [0.29, 0.717) is 18.3 Å². The van der Waals surface area contributed by atoms with Crippen molar-refractivity contribution in [2.45, 2.75) is 79.8 Å². The van der Waals surface area contributed by atoms with Crippen LogP contribution < -0.4 is 10.6 Å². The standard InChI is InChI=1S/C29H42N6O4/c1-17-13-19(14-18(2)20(17)10-12-30-23(36)16-31-27(37)38-28(3,4)5)25-32-26(39-34-25)24-21-9-11-29(6,7)15-22(21)35(8)33-24/h13-14,17,20H,9-12,15-16H2,1-8H3,(H,30,36)(H,31,37). The molecule has 2 unspecified atom stereocenters. The topological polar surface area (TPSA) is 124 Å². The van der Waals surface area contributed by atoms with Crippen LogP contribution in [0.1, 0.15) is 78.4 Å². The minimum absolute atomic E-state index is 0.120. The summed E-state index contributed by atoms with van der Waals surface area (Å²) in [6.07, 6.45) is 7.48. The number of ether oxygens (including phenoxy) is 1. The van der Waals surface area contributed by atoms with E-state index in [0.717, 1.165) is 37.0 Å². The van der Waals surface area contributed by atoms with Crippen molar-refractivity contribution in [3.05, 3.63) is 34.8 Å². The summed E-state index contributed by atoms with van der Waals surface area (Å²) in [6.45, 7) is 14.6. The molecule has 2 aliphatic carbocycles. The van der Waals surface area contributed by atoms with Crippen LogP contribution in [0.4, 0.5) is 4.79 Å². The number of carbonyl (C=O) groups excluding carboxylic acids is 2. The van der Waals surface area contributed by atoms with Crippen molar-refractivity contribution >= 4 is 17.6 Å². The van der Waals surface area contributed by atoms with Crippen molar-refractivity contribution in [1.29, 1.82) is 0 Å². The van der Waals surface area contributed by atoms with Crippen molar-refractivity contribution in [1.82, 2.24) is 30.6 Å². The Labute approximate surface area is 230 Å². The van der Waals surface area contributed by atoms with Crippen LogP contribution in [-0.2, 0) is 29.4 Å². The Kier molecular flexibility index (Phi) is 8.04.